The van der Waals surface area contributed by atoms with Crippen molar-refractivity contribution in [1.82, 2.24) is 24.6 Å². The van der Waals surface area contributed by atoms with E-state index in [1.165, 1.54) is 0 Å². The molecule has 0 bridgehead atoms. The number of carbonyl (C=O) groups excluding carboxylic acids is 1. The number of aryl methyl sites for hydroxylation is 2. The molecule has 1 fully saturated rings. The predicted molar refractivity (Wildman–Crippen MR) is 97.9 cm³/mol. The number of carbonyl (C=O) groups is 1. The van der Waals surface area contributed by atoms with E-state index in [1.54, 1.807) is 16.9 Å². The Kier molecular flexibility index (Phi) is 5.98. The first-order chi connectivity index (χ1) is 12.6. The number of hydrogen-bond acceptors (Lipinski definition) is 5. The first-order valence-electron chi connectivity index (χ1n) is 9.35. The quantitative estimate of drug-likeness (QED) is 0.794. The van der Waals surface area contributed by atoms with Gasteiger partial charge in [0.2, 0.25) is 0 Å². The highest BCUT2D eigenvalue weighted by molar-refractivity contribution is 5.92. The summed E-state index contributed by atoms with van der Waals surface area (Å²) in [5, 5.41) is 4.20. The van der Waals surface area contributed by atoms with Crippen LogP contribution in [0, 0.1) is 6.92 Å². The molecule has 3 rings (SSSR count). The molecule has 0 atom stereocenters. The van der Waals surface area contributed by atoms with Crippen LogP contribution in [-0.4, -0.2) is 50.3 Å². The summed E-state index contributed by atoms with van der Waals surface area (Å²) in [4.78, 5) is 23.7. The molecule has 0 radical (unpaired) electrons. The second kappa shape index (κ2) is 8.40. The molecular weight excluding hydrogens is 330 g/mol. The van der Waals surface area contributed by atoms with Crippen molar-refractivity contribution in [2.75, 3.05) is 19.7 Å². The minimum Gasteiger partial charge on any atom is -0.377 e. The second-order valence-corrected chi connectivity index (χ2v) is 6.56. The van der Waals surface area contributed by atoms with E-state index < -0.39 is 0 Å². The van der Waals surface area contributed by atoms with Crippen molar-refractivity contribution in [1.29, 1.82) is 0 Å². The highest BCUT2D eigenvalue weighted by atomic mass is 16.5. The van der Waals surface area contributed by atoms with E-state index in [1.807, 2.05) is 31.9 Å². The van der Waals surface area contributed by atoms with Gasteiger partial charge in [-0.2, -0.15) is 5.10 Å². The SMILES string of the molecule is CCOCc1cnc(C)nc1C1CCN(C(=O)c2ccnn2CC)CC1. The van der Waals surface area contributed by atoms with E-state index in [2.05, 4.69) is 15.1 Å². The van der Waals surface area contributed by atoms with Gasteiger partial charge in [0.05, 0.1) is 12.3 Å². The van der Waals surface area contributed by atoms with E-state index in [0.717, 1.165) is 43.0 Å². The van der Waals surface area contributed by atoms with Gasteiger partial charge in [0.1, 0.15) is 11.5 Å². The molecular formula is C19H27N5O2. The van der Waals surface area contributed by atoms with Gasteiger partial charge in [-0.3, -0.25) is 9.48 Å². The summed E-state index contributed by atoms with van der Waals surface area (Å²) in [6.45, 7) is 9.27. The topological polar surface area (TPSA) is 73.1 Å². The lowest BCUT2D eigenvalue weighted by atomic mass is 9.90. The zero-order valence-electron chi connectivity index (χ0n) is 15.8. The number of ether oxygens (including phenoxy) is 1. The average Bonchev–Trinajstić information content (AvgIpc) is 3.15. The second-order valence-electron chi connectivity index (χ2n) is 6.56. The van der Waals surface area contributed by atoms with Crippen molar-refractivity contribution >= 4 is 5.91 Å². The Morgan fingerprint density at radius 1 is 1.31 bits per heavy atom. The highest BCUT2D eigenvalue weighted by Gasteiger charge is 2.28. The molecule has 1 aliphatic heterocycles. The Bertz CT molecular complexity index is 750. The van der Waals surface area contributed by atoms with Gasteiger partial charge in [0.15, 0.2) is 0 Å². The molecule has 7 heteroatoms. The summed E-state index contributed by atoms with van der Waals surface area (Å²) in [6.07, 6.45) is 5.38. The van der Waals surface area contributed by atoms with Crippen LogP contribution < -0.4 is 0 Å². The smallest absolute Gasteiger partial charge is 0.272 e. The summed E-state index contributed by atoms with van der Waals surface area (Å²) < 4.78 is 7.32. The summed E-state index contributed by atoms with van der Waals surface area (Å²) >= 11 is 0. The largest absolute Gasteiger partial charge is 0.377 e. The van der Waals surface area contributed by atoms with Crippen LogP contribution in [0.1, 0.15) is 60.2 Å². The van der Waals surface area contributed by atoms with Crippen LogP contribution in [-0.2, 0) is 17.9 Å². The minimum absolute atomic E-state index is 0.0659. The number of nitrogens with zero attached hydrogens (tertiary/aromatic N) is 5. The third-order valence-electron chi connectivity index (χ3n) is 4.88. The van der Waals surface area contributed by atoms with Gasteiger partial charge in [-0.1, -0.05) is 0 Å². The maximum absolute atomic E-state index is 12.8. The van der Waals surface area contributed by atoms with Crippen LogP contribution in [0.4, 0.5) is 0 Å². The van der Waals surface area contributed by atoms with E-state index in [-0.39, 0.29) is 5.91 Å². The molecule has 2 aromatic heterocycles. The molecule has 2 aromatic rings. The fourth-order valence-electron chi connectivity index (χ4n) is 3.47. The van der Waals surface area contributed by atoms with Crippen LogP contribution in [0.2, 0.25) is 0 Å². The number of rotatable bonds is 6. The van der Waals surface area contributed by atoms with E-state index in [0.29, 0.717) is 31.4 Å². The van der Waals surface area contributed by atoms with Crippen molar-refractivity contribution in [3.8, 4) is 0 Å². The van der Waals surface area contributed by atoms with Crippen molar-refractivity contribution in [3.05, 3.63) is 41.2 Å². The molecule has 26 heavy (non-hydrogen) atoms. The van der Waals surface area contributed by atoms with Crippen LogP contribution >= 0.6 is 0 Å². The van der Waals surface area contributed by atoms with Crippen LogP contribution in [0.3, 0.4) is 0 Å². The van der Waals surface area contributed by atoms with Gasteiger partial charge in [0.25, 0.3) is 5.91 Å². The number of likely N-dealkylation sites (tertiary alicyclic amines) is 1. The van der Waals surface area contributed by atoms with E-state index in [9.17, 15) is 4.79 Å². The Balaban J connectivity index is 1.69. The molecule has 3 heterocycles. The lowest BCUT2D eigenvalue weighted by molar-refractivity contribution is 0.0698. The molecule has 1 amide bonds. The first-order valence-corrected chi connectivity index (χ1v) is 9.35. The molecule has 1 aliphatic rings. The Labute approximate surface area is 154 Å². The van der Waals surface area contributed by atoms with Gasteiger partial charge in [0, 0.05) is 50.1 Å². The maximum atomic E-state index is 12.8. The van der Waals surface area contributed by atoms with Crippen molar-refractivity contribution in [3.63, 3.8) is 0 Å². The lowest BCUT2D eigenvalue weighted by Crippen LogP contribution is -2.39. The molecule has 7 nitrogen and oxygen atoms in total. The van der Waals surface area contributed by atoms with Crippen LogP contribution in [0.15, 0.2) is 18.5 Å². The van der Waals surface area contributed by atoms with Crippen molar-refractivity contribution in [2.45, 2.75) is 52.7 Å². The zero-order chi connectivity index (χ0) is 18.5. The molecule has 0 unspecified atom stereocenters. The van der Waals surface area contributed by atoms with E-state index >= 15 is 0 Å². The minimum atomic E-state index is 0.0659. The van der Waals surface area contributed by atoms with E-state index in [4.69, 9.17) is 4.74 Å². The number of piperidine rings is 1. The molecule has 0 saturated carbocycles. The van der Waals surface area contributed by atoms with Crippen LogP contribution in [0.25, 0.3) is 0 Å². The Morgan fingerprint density at radius 2 is 2.08 bits per heavy atom. The number of aromatic nitrogens is 4. The fraction of sp³-hybridized carbons (Fsp3) is 0.579. The number of hydrogen-bond donors (Lipinski definition) is 0. The van der Waals surface area contributed by atoms with Gasteiger partial charge in [-0.05, 0) is 39.7 Å². The van der Waals surface area contributed by atoms with Gasteiger partial charge in [-0.25, -0.2) is 9.97 Å². The number of amides is 1. The van der Waals surface area contributed by atoms with Crippen molar-refractivity contribution in [2.24, 2.45) is 0 Å². The lowest BCUT2D eigenvalue weighted by Gasteiger charge is -2.32. The summed E-state index contributed by atoms with van der Waals surface area (Å²) in [7, 11) is 0. The summed E-state index contributed by atoms with van der Waals surface area (Å²) in [6, 6.07) is 1.80. The van der Waals surface area contributed by atoms with Gasteiger partial charge < -0.3 is 9.64 Å². The normalized spacial score (nSPS) is 15.4. The Morgan fingerprint density at radius 3 is 2.77 bits per heavy atom. The standard InChI is InChI=1S/C19H27N5O2/c1-4-24-17(6-9-21-24)19(25)23-10-7-15(8-11-23)18-16(13-26-5-2)12-20-14(3)22-18/h6,9,12,15H,4-5,7-8,10-11,13H2,1-3H3. The van der Waals surface area contributed by atoms with Crippen LogP contribution in [0.5, 0.6) is 0 Å². The Hall–Kier alpha value is -2.28. The molecule has 0 N–H and O–H groups in total. The molecule has 0 aromatic carbocycles. The molecule has 140 valence electrons. The highest BCUT2D eigenvalue weighted by Crippen LogP contribution is 2.30. The maximum Gasteiger partial charge on any atom is 0.272 e. The molecule has 0 spiro atoms. The molecule has 0 aliphatic carbocycles. The summed E-state index contributed by atoms with van der Waals surface area (Å²) in [5.74, 6) is 1.19. The first kappa shape index (κ1) is 18.5. The van der Waals surface area contributed by atoms with Crippen molar-refractivity contribution < 1.29 is 9.53 Å². The van der Waals surface area contributed by atoms with Gasteiger partial charge in [-0.15, -0.1) is 0 Å². The monoisotopic (exact) mass is 357 g/mol. The van der Waals surface area contributed by atoms with Gasteiger partial charge >= 0.3 is 0 Å². The summed E-state index contributed by atoms with van der Waals surface area (Å²) in [5.41, 5.74) is 2.81. The fourth-order valence-corrected chi connectivity index (χ4v) is 3.47. The zero-order valence-corrected chi connectivity index (χ0v) is 15.8. The average molecular weight is 357 g/mol. The third-order valence-corrected chi connectivity index (χ3v) is 4.88. The predicted octanol–water partition coefficient (Wildman–Crippen LogP) is 2.56. The molecule has 1 saturated heterocycles. The third kappa shape index (κ3) is 3.93.